The van der Waals surface area contributed by atoms with Crippen molar-refractivity contribution in [2.75, 3.05) is 6.54 Å². The minimum atomic E-state index is -0.466. The number of amides is 1. The van der Waals surface area contributed by atoms with Gasteiger partial charge in [-0.15, -0.1) is 0 Å². The van der Waals surface area contributed by atoms with Crippen LogP contribution in [-0.2, 0) is 4.79 Å². The number of nitrogens with one attached hydrogen (secondary N) is 1. The van der Waals surface area contributed by atoms with Crippen LogP contribution in [0.15, 0.2) is 24.3 Å². The Morgan fingerprint density at radius 1 is 1.60 bits per heavy atom. The Morgan fingerprint density at radius 3 is 2.93 bits per heavy atom. The highest BCUT2D eigenvalue weighted by Gasteiger charge is 1.98. The molecular weight excluding hydrogens is 217 g/mol. The van der Waals surface area contributed by atoms with Crippen molar-refractivity contribution in [1.82, 2.24) is 5.32 Å². The number of carbonyl (C=O) groups excluding carboxylic acids is 1. The van der Waals surface area contributed by atoms with Gasteiger partial charge in [-0.25, -0.2) is 4.39 Å². The Morgan fingerprint density at radius 2 is 2.33 bits per heavy atom. The summed E-state index contributed by atoms with van der Waals surface area (Å²) in [7, 11) is 0. The van der Waals surface area contributed by atoms with E-state index in [2.05, 4.69) is 5.32 Å². The van der Waals surface area contributed by atoms with Crippen molar-refractivity contribution in [3.63, 3.8) is 0 Å². The van der Waals surface area contributed by atoms with Gasteiger partial charge in [0.15, 0.2) is 0 Å². The van der Waals surface area contributed by atoms with Crippen molar-refractivity contribution in [1.29, 1.82) is 0 Å². The Kier molecular flexibility index (Phi) is 4.31. The average molecular weight is 228 g/mol. The smallest absolute Gasteiger partial charge is 0.243 e. The molecule has 4 heteroatoms. The summed E-state index contributed by atoms with van der Waals surface area (Å²) in [5, 5.41) is 2.66. The molecule has 1 N–H and O–H groups in total. The van der Waals surface area contributed by atoms with Crippen molar-refractivity contribution in [3.8, 4) is 0 Å². The minimum absolute atomic E-state index is 0.0491. The lowest BCUT2D eigenvalue weighted by Crippen LogP contribution is -2.19. The molecule has 0 radical (unpaired) electrons. The first-order chi connectivity index (χ1) is 7.13. The van der Waals surface area contributed by atoms with Gasteiger partial charge in [-0.05, 0) is 30.7 Å². The van der Waals surface area contributed by atoms with Crippen molar-refractivity contribution in [2.24, 2.45) is 0 Å². The highest BCUT2D eigenvalue weighted by atomic mass is 35.5. The number of hydrogen-bond acceptors (Lipinski definition) is 1. The molecule has 0 heterocycles. The molecule has 80 valence electrons. The molecule has 0 aliphatic heterocycles. The molecule has 0 atom stereocenters. The van der Waals surface area contributed by atoms with Gasteiger partial charge in [-0.1, -0.05) is 17.7 Å². The second-order valence-electron chi connectivity index (χ2n) is 2.90. The van der Waals surface area contributed by atoms with Crippen molar-refractivity contribution < 1.29 is 9.18 Å². The third-order valence-corrected chi connectivity index (χ3v) is 2.01. The van der Waals surface area contributed by atoms with E-state index in [0.29, 0.717) is 12.1 Å². The maximum absolute atomic E-state index is 12.8. The highest BCUT2D eigenvalue weighted by Crippen LogP contribution is 2.16. The van der Waals surface area contributed by atoms with Crippen molar-refractivity contribution in [3.05, 3.63) is 40.7 Å². The summed E-state index contributed by atoms with van der Waals surface area (Å²) in [5.41, 5.74) is 0.688. The van der Waals surface area contributed by atoms with Crippen LogP contribution in [0.4, 0.5) is 4.39 Å². The number of halogens is 2. The molecule has 0 aromatic heterocycles. The molecule has 0 aliphatic rings. The van der Waals surface area contributed by atoms with Crippen LogP contribution in [0, 0.1) is 5.82 Å². The molecule has 0 spiro atoms. The van der Waals surface area contributed by atoms with E-state index in [1.54, 1.807) is 12.1 Å². The lowest BCUT2D eigenvalue weighted by atomic mass is 10.2. The molecule has 15 heavy (non-hydrogen) atoms. The molecule has 1 amide bonds. The summed E-state index contributed by atoms with van der Waals surface area (Å²) >= 11 is 5.58. The predicted octanol–water partition coefficient (Wildman–Crippen LogP) is 2.63. The van der Waals surface area contributed by atoms with Gasteiger partial charge < -0.3 is 5.32 Å². The molecule has 2 nitrogen and oxygen atoms in total. The van der Waals surface area contributed by atoms with Gasteiger partial charge in [0.25, 0.3) is 0 Å². The third kappa shape index (κ3) is 3.72. The lowest BCUT2D eigenvalue weighted by molar-refractivity contribution is -0.116. The molecule has 0 bridgehead atoms. The van der Waals surface area contributed by atoms with Gasteiger partial charge in [0.1, 0.15) is 5.82 Å². The molecule has 0 saturated carbocycles. The van der Waals surface area contributed by atoms with Gasteiger partial charge in [0.05, 0.1) is 5.02 Å². The molecule has 0 unspecified atom stereocenters. The summed E-state index contributed by atoms with van der Waals surface area (Å²) in [6, 6.07) is 4.28. The zero-order valence-electron chi connectivity index (χ0n) is 8.26. The number of hydrogen-bond donors (Lipinski definition) is 1. The first-order valence-corrected chi connectivity index (χ1v) is 4.92. The van der Waals surface area contributed by atoms with E-state index in [1.165, 1.54) is 18.2 Å². The fourth-order valence-electron chi connectivity index (χ4n) is 1.02. The Balaban J connectivity index is 2.72. The van der Waals surface area contributed by atoms with E-state index in [0.717, 1.165) is 0 Å². The predicted molar refractivity (Wildman–Crippen MR) is 59.1 cm³/mol. The molecule has 0 saturated heterocycles. The third-order valence-electron chi connectivity index (χ3n) is 1.72. The fraction of sp³-hybridized carbons (Fsp3) is 0.182. The largest absolute Gasteiger partial charge is 0.353 e. The van der Waals surface area contributed by atoms with Crippen LogP contribution < -0.4 is 5.32 Å². The summed E-state index contributed by atoms with van der Waals surface area (Å²) in [4.78, 5) is 11.1. The summed E-state index contributed by atoms with van der Waals surface area (Å²) < 4.78 is 12.8. The topological polar surface area (TPSA) is 29.1 Å². The van der Waals surface area contributed by atoms with E-state index >= 15 is 0 Å². The minimum Gasteiger partial charge on any atom is -0.353 e. The zero-order chi connectivity index (χ0) is 11.3. The second kappa shape index (κ2) is 5.51. The van der Waals surface area contributed by atoms with Gasteiger partial charge in [0, 0.05) is 12.6 Å². The van der Waals surface area contributed by atoms with E-state index in [-0.39, 0.29) is 10.9 Å². The van der Waals surface area contributed by atoms with Gasteiger partial charge in [0.2, 0.25) is 5.91 Å². The number of carbonyl (C=O) groups is 1. The molecule has 1 aromatic rings. The van der Waals surface area contributed by atoms with Crippen molar-refractivity contribution in [2.45, 2.75) is 6.92 Å². The van der Waals surface area contributed by atoms with E-state index in [1.807, 2.05) is 6.92 Å². The summed E-state index contributed by atoms with van der Waals surface area (Å²) in [6.07, 6.45) is 2.96. The van der Waals surface area contributed by atoms with Crippen LogP contribution in [0.5, 0.6) is 0 Å². The average Bonchev–Trinajstić information content (AvgIpc) is 2.20. The fourth-order valence-corrected chi connectivity index (χ4v) is 1.21. The van der Waals surface area contributed by atoms with E-state index in [9.17, 15) is 9.18 Å². The summed E-state index contributed by atoms with van der Waals surface area (Å²) in [6.45, 7) is 2.41. The quantitative estimate of drug-likeness (QED) is 0.791. The van der Waals surface area contributed by atoms with Gasteiger partial charge in [-0.3, -0.25) is 4.79 Å². The van der Waals surface area contributed by atoms with Crippen LogP contribution in [0.25, 0.3) is 6.08 Å². The molecule has 0 aliphatic carbocycles. The molecular formula is C11H11ClFNO. The first kappa shape index (κ1) is 11.7. The Labute approximate surface area is 92.7 Å². The van der Waals surface area contributed by atoms with Crippen LogP contribution in [0.3, 0.4) is 0 Å². The van der Waals surface area contributed by atoms with Crippen LogP contribution >= 0.6 is 11.6 Å². The van der Waals surface area contributed by atoms with Crippen LogP contribution in [0.2, 0.25) is 5.02 Å². The monoisotopic (exact) mass is 227 g/mol. The van der Waals surface area contributed by atoms with Crippen LogP contribution in [-0.4, -0.2) is 12.5 Å². The molecule has 0 fully saturated rings. The highest BCUT2D eigenvalue weighted by molar-refractivity contribution is 6.30. The second-order valence-corrected chi connectivity index (χ2v) is 3.31. The van der Waals surface area contributed by atoms with Crippen LogP contribution in [0.1, 0.15) is 12.5 Å². The van der Waals surface area contributed by atoms with E-state index < -0.39 is 5.82 Å². The molecule has 1 aromatic carbocycles. The molecule has 1 rings (SSSR count). The maximum Gasteiger partial charge on any atom is 0.243 e. The van der Waals surface area contributed by atoms with Gasteiger partial charge in [-0.2, -0.15) is 0 Å². The number of likely N-dealkylation sites (N-methyl/N-ethyl adjacent to an activating group) is 1. The normalized spacial score (nSPS) is 10.6. The summed E-state index contributed by atoms with van der Waals surface area (Å²) in [5.74, 6) is -0.648. The first-order valence-electron chi connectivity index (χ1n) is 4.54. The van der Waals surface area contributed by atoms with Crippen molar-refractivity contribution >= 4 is 23.6 Å². The lowest BCUT2D eigenvalue weighted by Gasteiger charge is -1.97. The standard InChI is InChI=1S/C11H11ClFNO/c1-2-14-11(15)6-4-8-3-5-10(13)9(12)7-8/h3-7H,2H2,1H3,(H,14,15)/b6-4+. The number of benzene rings is 1. The Bertz CT molecular complexity index is 390. The number of rotatable bonds is 3. The SMILES string of the molecule is CCNC(=O)/C=C/c1ccc(F)c(Cl)c1. The zero-order valence-corrected chi connectivity index (χ0v) is 9.01. The van der Waals surface area contributed by atoms with E-state index in [4.69, 9.17) is 11.6 Å². The maximum atomic E-state index is 12.8. The Hall–Kier alpha value is -1.35. The van der Waals surface area contributed by atoms with Gasteiger partial charge >= 0.3 is 0 Å².